The molecule has 0 aliphatic heterocycles. The Morgan fingerprint density at radius 3 is 1.67 bits per heavy atom. The van der Waals surface area contributed by atoms with Crippen LogP contribution in [0.25, 0.3) is 0 Å². The van der Waals surface area contributed by atoms with Crippen LogP contribution in [-0.4, -0.2) is 25.7 Å². The second-order valence-corrected chi connectivity index (χ2v) is 16.4. The monoisotopic (exact) mass is 184 g/mol. The van der Waals surface area contributed by atoms with Gasteiger partial charge < -0.3 is 0 Å². The first kappa shape index (κ1) is 10.2. The Hall–Kier alpha value is 1.21. The summed E-state index contributed by atoms with van der Waals surface area (Å²) < 4.78 is 0. The zero-order chi connectivity index (χ0) is 7.49. The summed E-state index contributed by atoms with van der Waals surface area (Å²) in [5.41, 5.74) is 0. The Bertz CT molecular complexity index is 79.1. The first-order valence-electron chi connectivity index (χ1n) is 3.49. The van der Waals surface area contributed by atoms with E-state index < -0.39 is 6.95 Å². The van der Waals surface area contributed by atoms with Gasteiger partial charge in [-0.15, -0.1) is 0 Å². The molecular weight excluding hydrogens is 166 g/mol. The maximum atomic E-state index is 4.57. The van der Waals surface area contributed by atoms with Gasteiger partial charge in [-0.2, -0.15) is 0 Å². The third-order valence-corrected chi connectivity index (χ3v) is 17.8. The summed E-state index contributed by atoms with van der Waals surface area (Å²) in [6.45, 7) is 8.63. The van der Waals surface area contributed by atoms with Gasteiger partial charge in [-0.3, -0.25) is 0 Å². The quantitative estimate of drug-likeness (QED) is 0.505. The van der Waals surface area contributed by atoms with Gasteiger partial charge in [-0.05, 0) is 0 Å². The van der Waals surface area contributed by atoms with Crippen molar-refractivity contribution in [2.75, 3.05) is 25.7 Å². The summed E-state index contributed by atoms with van der Waals surface area (Å²) in [6, 6.07) is 0. The first-order chi connectivity index (χ1) is 4.06. The number of rotatable bonds is 3. The molecule has 1 unspecified atom stereocenters. The predicted octanol–water partition coefficient (Wildman–Crippen LogP) is 3.28. The Labute approximate surface area is 65.9 Å². The molecule has 0 amide bonds. The molecule has 9 heavy (non-hydrogen) atoms. The van der Waals surface area contributed by atoms with E-state index in [4.69, 9.17) is 0 Å². The zero-order valence-electron chi connectivity index (χ0n) is 6.81. The van der Waals surface area contributed by atoms with Crippen LogP contribution in [0.3, 0.4) is 0 Å². The Balaban J connectivity index is 3.92. The number of hydrogen-bond donors (Lipinski definition) is 1. The molecule has 0 rings (SSSR count). The molecule has 0 heterocycles. The summed E-state index contributed by atoms with van der Waals surface area (Å²) in [5.74, 6) is 0. The maximum absolute atomic E-state index is 4.57. The summed E-state index contributed by atoms with van der Waals surface area (Å²) in [7, 11) is 0. The van der Waals surface area contributed by atoms with E-state index in [1.165, 1.54) is 12.3 Å². The van der Waals surface area contributed by atoms with Crippen molar-refractivity contribution >= 4 is 26.0 Å². The minimum absolute atomic E-state index is 0.0872. The number of thiol groups is 1. The summed E-state index contributed by atoms with van der Waals surface area (Å²) >= 11 is 4.57. The topological polar surface area (TPSA) is 0 Å². The Morgan fingerprint density at radius 1 is 1.33 bits per heavy atom. The molecular formula is C6H18P2S. The van der Waals surface area contributed by atoms with Crippen molar-refractivity contribution in [3.05, 3.63) is 0 Å². The normalized spacial score (nSPS) is 17.4. The van der Waals surface area contributed by atoms with E-state index in [9.17, 15) is 0 Å². The molecule has 0 nitrogen and oxygen atoms in total. The molecule has 0 N–H and O–H groups in total. The van der Waals surface area contributed by atoms with Crippen LogP contribution < -0.4 is 0 Å². The standard InChI is InChI=1S/C6H18P2S/c1-5-8(4,6-2)7(3)9/h8-9H,5-6H2,1-4H3. The van der Waals surface area contributed by atoms with Gasteiger partial charge in [0.05, 0.1) is 0 Å². The van der Waals surface area contributed by atoms with Crippen LogP contribution in [0.4, 0.5) is 0 Å². The molecule has 0 radical (unpaired) electrons. The van der Waals surface area contributed by atoms with Crippen LogP contribution >= 0.6 is 26.0 Å². The molecule has 1 atom stereocenters. The van der Waals surface area contributed by atoms with Crippen molar-refractivity contribution < 1.29 is 0 Å². The van der Waals surface area contributed by atoms with Gasteiger partial charge in [0.2, 0.25) is 0 Å². The van der Waals surface area contributed by atoms with Gasteiger partial charge in [0.25, 0.3) is 0 Å². The van der Waals surface area contributed by atoms with Gasteiger partial charge in [0.1, 0.15) is 0 Å². The van der Waals surface area contributed by atoms with Crippen molar-refractivity contribution in [3.8, 4) is 0 Å². The van der Waals surface area contributed by atoms with Crippen LogP contribution in [0, 0.1) is 0 Å². The van der Waals surface area contributed by atoms with E-state index in [-0.39, 0.29) is 6.81 Å². The van der Waals surface area contributed by atoms with Crippen molar-refractivity contribution in [2.45, 2.75) is 13.8 Å². The fraction of sp³-hybridized carbons (Fsp3) is 1.00. The molecule has 0 aromatic rings. The molecule has 0 aromatic heterocycles. The third-order valence-electron chi connectivity index (χ3n) is 2.30. The van der Waals surface area contributed by atoms with E-state index in [0.29, 0.717) is 0 Å². The SMILES string of the molecule is CC[PH](C)(CC)P(C)S. The number of hydrogen-bond acceptors (Lipinski definition) is 1. The third kappa shape index (κ3) is 2.74. The summed E-state index contributed by atoms with van der Waals surface area (Å²) in [5, 5.41) is 0. The van der Waals surface area contributed by atoms with Gasteiger partial charge in [0.15, 0.2) is 0 Å². The zero-order valence-corrected chi connectivity index (χ0v) is 9.60. The van der Waals surface area contributed by atoms with Crippen molar-refractivity contribution in [3.63, 3.8) is 0 Å². The summed E-state index contributed by atoms with van der Waals surface area (Å²) in [6.07, 6.45) is 2.80. The fourth-order valence-electron chi connectivity index (χ4n) is 0.708. The van der Waals surface area contributed by atoms with Gasteiger partial charge in [-0.1, -0.05) is 0 Å². The van der Waals surface area contributed by atoms with Crippen LogP contribution in [0.15, 0.2) is 0 Å². The molecule has 0 fully saturated rings. The predicted molar refractivity (Wildman–Crippen MR) is 57.2 cm³/mol. The van der Waals surface area contributed by atoms with Crippen LogP contribution in [0.1, 0.15) is 13.8 Å². The van der Waals surface area contributed by atoms with Crippen molar-refractivity contribution in [1.82, 2.24) is 0 Å². The van der Waals surface area contributed by atoms with E-state index in [1.54, 1.807) is 0 Å². The average molecular weight is 184 g/mol. The Morgan fingerprint density at radius 2 is 1.67 bits per heavy atom. The van der Waals surface area contributed by atoms with Crippen LogP contribution in [-0.2, 0) is 0 Å². The second kappa shape index (κ2) is 4.16. The van der Waals surface area contributed by atoms with E-state index in [1.807, 2.05) is 0 Å². The molecule has 0 bridgehead atoms. The van der Waals surface area contributed by atoms with Crippen LogP contribution in [0.2, 0.25) is 0 Å². The van der Waals surface area contributed by atoms with Crippen LogP contribution in [0.5, 0.6) is 0 Å². The molecule has 0 spiro atoms. The Kier molecular flexibility index (Phi) is 4.72. The molecule has 58 valence electrons. The van der Waals surface area contributed by atoms with E-state index in [0.717, 1.165) is 0 Å². The second-order valence-electron chi connectivity index (χ2n) is 2.73. The van der Waals surface area contributed by atoms with E-state index >= 15 is 0 Å². The van der Waals surface area contributed by atoms with Crippen molar-refractivity contribution in [2.24, 2.45) is 0 Å². The van der Waals surface area contributed by atoms with Gasteiger partial charge >= 0.3 is 65.5 Å². The fourth-order valence-corrected chi connectivity index (χ4v) is 7.41. The minimum atomic E-state index is -0.846. The van der Waals surface area contributed by atoms with Crippen molar-refractivity contribution in [1.29, 1.82) is 0 Å². The molecule has 0 saturated heterocycles. The average Bonchev–Trinajstić information content (AvgIpc) is 1.86. The first-order valence-corrected chi connectivity index (χ1v) is 10.2. The molecule has 3 heteroatoms. The molecule has 0 aliphatic carbocycles. The molecule has 0 aliphatic rings. The van der Waals surface area contributed by atoms with E-state index in [2.05, 4.69) is 39.4 Å². The van der Waals surface area contributed by atoms with Gasteiger partial charge in [0, 0.05) is 0 Å². The molecule has 0 saturated carbocycles. The summed E-state index contributed by atoms with van der Waals surface area (Å²) in [4.78, 5) is 0. The van der Waals surface area contributed by atoms with Gasteiger partial charge in [-0.25, -0.2) is 0 Å². The molecule has 0 aromatic carbocycles.